The maximum atomic E-state index is 13.7. The summed E-state index contributed by atoms with van der Waals surface area (Å²) in [5.74, 6) is 1.51. The first-order chi connectivity index (χ1) is 21.3. The van der Waals surface area contributed by atoms with Crippen molar-refractivity contribution in [2.75, 3.05) is 26.9 Å². The Hall–Kier alpha value is -4.44. The molecule has 44 heavy (non-hydrogen) atoms. The van der Waals surface area contributed by atoms with Crippen molar-refractivity contribution >= 4 is 40.3 Å². The molecule has 1 atom stereocenters. The predicted octanol–water partition coefficient (Wildman–Crippen LogP) is 6.44. The molecule has 9 nitrogen and oxygen atoms in total. The van der Waals surface area contributed by atoms with Gasteiger partial charge in [-0.2, -0.15) is 0 Å². The molecular formula is C33H32ClFN4O5. The lowest BCUT2D eigenvalue weighted by Gasteiger charge is -2.20. The molecule has 1 amide bonds. The van der Waals surface area contributed by atoms with Gasteiger partial charge in [-0.1, -0.05) is 11.6 Å². The van der Waals surface area contributed by atoms with Crippen LogP contribution in [0.1, 0.15) is 48.3 Å². The highest BCUT2D eigenvalue weighted by atomic mass is 35.5. The van der Waals surface area contributed by atoms with Crippen molar-refractivity contribution < 1.29 is 23.4 Å². The highest BCUT2D eigenvalue weighted by Gasteiger charge is 2.32. The first-order valence-corrected chi connectivity index (χ1v) is 15.0. The average molecular weight is 619 g/mol. The van der Waals surface area contributed by atoms with E-state index < -0.39 is 5.82 Å². The van der Waals surface area contributed by atoms with E-state index in [2.05, 4.69) is 9.98 Å². The van der Waals surface area contributed by atoms with Crippen LogP contribution in [-0.4, -0.2) is 59.5 Å². The normalized spacial score (nSPS) is 15.7. The van der Waals surface area contributed by atoms with Gasteiger partial charge in [-0.15, -0.1) is 0 Å². The minimum atomic E-state index is -0.557. The summed E-state index contributed by atoms with van der Waals surface area (Å²) in [5.41, 5.74) is 1.83. The van der Waals surface area contributed by atoms with Crippen LogP contribution in [0.25, 0.3) is 16.6 Å². The number of carbonyl (C=O) groups excluding carboxylic acids is 1. The monoisotopic (exact) mass is 618 g/mol. The van der Waals surface area contributed by atoms with Gasteiger partial charge in [-0.05, 0) is 81.5 Å². The molecule has 0 aliphatic carbocycles. The molecule has 2 aliphatic rings. The Kier molecular flexibility index (Phi) is 8.52. The van der Waals surface area contributed by atoms with E-state index >= 15 is 0 Å². The van der Waals surface area contributed by atoms with Crippen molar-refractivity contribution in [3.63, 3.8) is 0 Å². The lowest BCUT2D eigenvalue weighted by molar-refractivity contribution is 0.0774. The average Bonchev–Trinajstić information content (AvgIpc) is 3.45. The molecule has 0 radical (unpaired) electrons. The number of rotatable bonds is 10. The van der Waals surface area contributed by atoms with Crippen molar-refractivity contribution in [3.8, 4) is 22.9 Å². The Morgan fingerprint density at radius 1 is 1.00 bits per heavy atom. The number of aromatic nitrogens is 2. The number of aliphatic imine (C=N–C) groups is 1. The number of benzene rings is 3. The molecule has 11 heteroatoms. The summed E-state index contributed by atoms with van der Waals surface area (Å²) < 4.78 is 32.6. The zero-order valence-corrected chi connectivity index (χ0v) is 25.3. The van der Waals surface area contributed by atoms with E-state index in [9.17, 15) is 14.0 Å². The van der Waals surface area contributed by atoms with E-state index in [0.29, 0.717) is 64.1 Å². The lowest BCUT2D eigenvalue weighted by Crippen LogP contribution is -2.35. The first-order valence-electron chi connectivity index (χ1n) is 14.7. The molecule has 228 valence electrons. The molecule has 0 unspecified atom stereocenters. The zero-order chi connectivity index (χ0) is 30.8. The number of aryl methyl sites for hydroxylation is 1. The van der Waals surface area contributed by atoms with Crippen LogP contribution >= 0.6 is 11.6 Å². The summed E-state index contributed by atoms with van der Waals surface area (Å²) in [7, 11) is 1.56. The number of nitrogens with zero attached hydrogens (tertiary/aromatic N) is 4. The zero-order valence-electron chi connectivity index (χ0n) is 24.5. The van der Waals surface area contributed by atoms with Crippen LogP contribution in [0.5, 0.6) is 17.2 Å². The van der Waals surface area contributed by atoms with Crippen LogP contribution in [0, 0.1) is 12.7 Å². The quantitative estimate of drug-likeness (QED) is 0.190. The number of carbonyl (C=O) groups is 1. The summed E-state index contributed by atoms with van der Waals surface area (Å²) in [6, 6.07) is 12.9. The van der Waals surface area contributed by atoms with E-state index in [1.165, 1.54) is 22.8 Å². The highest BCUT2D eigenvalue weighted by Crippen LogP contribution is 2.38. The number of unbranched alkanes of at least 4 members (excludes halogenated alkanes) is 2. The van der Waals surface area contributed by atoms with E-state index in [1.54, 1.807) is 44.4 Å². The maximum absolute atomic E-state index is 13.7. The standard InChI is InChI=1S/C33H32ClFN4O5/c1-20-37-28-11-9-23(16-24(28)33(41)39(20)21-8-10-27(35)26(34)15-21)43-13-4-3-5-14-44-31-18-29-25(17-30(31)42-2)32(40)38-12-6-7-22(38)19-36-29/h8-11,15-19,22H,3-7,12-14H2,1-2H3/t22-/m0/s1. The summed E-state index contributed by atoms with van der Waals surface area (Å²) in [6.45, 7) is 3.38. The highest BCUT2D eigenvalue weighted by molar-refractivity contribution is 6.30. The second kappa shape index (κ2) is 12.7. The van der Waals surface area contributed by atoms with Gasteiger partial charge < -0.3 is 19.1 Å². The van der Waals surface area contributed by atoms with Gasteiger partial charge in [0.25, 0.3) is 11.5 Å². The molecule has 4 aromatic rings. The molecule has 1 saturated heterocycles. The Bertz CT molecular complexity index is 1820. The van der Waals surface area contributed by atoms with Crippen LogP contribution in [-0.2, 0) is 0 Å². The summed E-state index contributed by atoms with van der Waals surface area (Å²) in [5, 5.41) is 0.322. The number of methoxy groups -OCH3 is 1. The van der Waals surface area contributed by atoms with Crippen molar-refractivity contribution in [2.45, 2.75) is 45.1 Å². The predicted molar refractivity (Wildman–Crippen MR) is 167 cm³/mol. The third-order valence-electron chi connectivity index (χ3n) is 7.94. The van der Waals surface area contributed by atoms with Gasteiger partial charge in [0.1, 0.15) is 17.4 Å². The minimum absolute atomic E-state index is 0.0221. The summed E-state index contributed by atoms with van der Waals surface area (Å²) >= 11 is 5.95. The topological polar surface area (TPSA) is 95.2 Å². The molecule has 2 aliphatic heterocycles. The SMILES string of the molecule is COc1cc2c(cc1OCCCCCOc1ccc3nc(C)n(-c4ccc(F)c(Cl)c4)c(=O)c3c1)N=C[C@@H]1CCCN1C2=O. The van der Waals surface area contributed by atoms with Gasteiger partial charge in [0, 0.05) is 18.8 Å². The van der Waals surface area contributed by atoms with E-state index in [0.717, 1.165) is 38.6 Å². The van der Waals surface area contributed by atoms with E-state index in [1.807, 2.05) is 11.1 Å². The number of ether oxygens (including phenoxy) is 3. The van der Waals surface area contributed by atoms with Crippen molar-refractivity contribution in [1.29, 1.82) is 0 Å². The number of halogens is 2. The van der Waals surface area contributed by atoms with Crippen LogP contribution in [0.15, 0.2) is 58.3 Å². The number of amides is 1. The third kappa shape index (κ3) is 5.86. The van der Waals surface area contributed by atoms with Gasteiger partial charge in [0.2, 0.25) is 0 Å². The lowest BCUT2D eigenvalue weighted by atomic mass is 10.1. The molecule has 3 heterocycles. The third-order valence-corrected chi connectivity index (χ3v) is 8.23. The smallest absolute Gasteiger partial charge is 0.266 e. The fraction of sp³-hybridized carbons (Fsp3) is 0.333. The second-order valence-corrected chi connectivity index (χ2v) is 11.2. The number of hydrogen-bond donors (Lipinski definition) is 0. The Morgan fingerprint density at radius 3 is 2.61 bits per heavy atom. The Morgan fingerprint density at radius 2 is 1.82 bits per heavy atom. The number of hydrogen-bond acceptors (Lipinski definition) is 7. The van der Waals surface area contributed by atoms with Crippen LogP contribution in [0.3, 0.4) is 0 Å². The van der Waals surface area contributed by atoms with Gasteiger partial charge in [-0.25, -0.2) is 9.37 Å². The minimum Gasteiger partial charge on any atom is -0.494 e. The van der Waals surface area contributed by atoms with Gasteiger partial charge in [-0.3, -0.25) is 19.1 Å². The fourth-order valence-corrected chi connectivity index (χ4v) is 5.84. The van der Waals surface area contributed by atoms with Crippen molar-refractivity contribution in [3.05, 3.63) is 81.1 Å². The molecule has 0 bridgehead atoms. The Balaban J connectivity index is 1.04. The van der Waals surface area contributed by atoms with Gasteiger partial charge in [0.15, 0.2) is 11.5 Å². The molecule has 0 spiro atoms. The van der Waals surface area contributed by atoms with Gasteiger partial charge >= 0.3 is 0 Å². The fourth-order valence-electron chi connectivity index (χ4n) is 5.67. The molecule has 0 saturated carbocycles. The van der Waals surface area contributed by atoms with E-state index in [-0.39, 0.29) is 22.5 Å². The maximum Gasteiger partial charge on any atom is 0.266 e. The number of fused-ring (bicyclic) bond motifs is 3. The van der Waals surface area contributed by atoms with Gasteiger partial charge in [0.05, 0.1) is 59.2 Å². The molecular weight excluding hydrogens is 587 g/mol. The van der Waals surface area contributed by atoms with Crippen molar-refractivity contribution in [2.24, 2.45) is 4.99 Å². The van der Waals surface area contributed by atoms with Crippen LogP contribution < -0.4 is 19.8 Å². The van der Waals surface area contributed by atoms with Crippen molar-refractivity contribution in [1.82, 2.24) is 14.5 Å². The molecule has 6 rings (SSSR count). The largest absolute Gasteiger partial charge is 0.494 e. The second-order valence-electron chi connectivity index (χ2n) is 10.8. The molecule has 1 aromatic heterocycles. The van der Waals surface area contributed by atoms with Crippen LogP contribution in [0.2, 0.25) is 5.02 Å². The Labute approximate surface area is 258 Å². The molecule has 3 aromatic carbocycles. The summed E-state index contributed by atoms with van der Waals surface area (Å²) in [4.78, 5) is 37.4. The summed E-state index contributed by atoms with van der Waals surface area (Å²) in [6.07, 6.45) is 6.19. The first kappa shape index (κ1) is 29.6. The molecule has 0 N–H and O–H groups in total. The van der Waals surface area contributed by atoms with E-state index in [4.69, 9.17) is 25.8 Å². The molecule has 1 fully saturated rings. The van der Waals surface area contributed by atoms with Crippen LogP contribution in [0.4, 0.5) is 10.1 Å².